The molecule has 7 heteroatoms. The Bertz CT molecular complexity index is 768. The molecule has 0 aromatic carbocycles. The number of anilines is 1. The smallest absolute Gasteiger partial charge is 0.220 e. The lowest BCUT2D eigenvalue weighted by Crippen LogP contribution is -2.39. The predicted octanol–water partition coefficient (Wildman–Crippen LogP) is 2.52. The van der Waals surface area contributed by atoms with Crippen molar-refractivity contribution in [3.8, 4) is 0 Å². The number of hydrogen-bond acceptors (Lipinski definition) is 6. The van der Waals surface area contributed by atoms with Gasteiger partial charge in [0.1, 0.15) is 17.0 Å². The summed E-state index contributed by atoms with van der Waals surface area (Å²) in [7, 11) is 1.00. The average Bonchev–Trinajstić information content (AvgIpc) is 3.07. The molecule has 142 valence electrons. The van der Waals surface area contributed by atoms with Crippen molar-refractivity contribution in [3.63, 3.8) is 0 Å². The van der Waals surface area contributed by atoms with E-state index in [1.807, 2.05) is 11.3 Å². The lowest BCUT2D eigenvalue weighted by Gasteiger charge is -2.32. The topological polar surface area (TPSA) is 92.3 Å². The molecule has 1 unspecified atom stereocenters. The fourth-order valence-electron chi connectivity index (χ4n) is 4.13. The first-order valence-electron chi connectivity index (χ1n) is 9.41. The van der Waals surface area contributed by atoms with Gasteiger partial charge in [-0.15, -0.1) is 11.3 Å². The number of nitrogens with zero attached hydrogens (tertiary/aromatic N) is 3. The second kappa shape index (κ2) is 8.31. The molecule has 1 fully saturated rings. The number of aromatic nitrogens is 2. The van der Waals surface area contributed by atoms with Gasteiger partial charge in [0, 0.05) is 31.0 Å². The molecule has 1 saturated heterocycles. The van der Waals surface area contributed by atoms with E-state index in [1.165, 1.54) is 35.1 Å². The third-order valence-electron chi connectivity index (χ3n) is 5.70. The van der Waals surface area contributed by atoms with Crippen LogP contribution in [0.4, 0.5) is 5.82 Å². The predicted molar refractivity (Wildman–Crippen MR) is 105 cm³/mol. The number of rotatable bonds is 3. The number of nitrogens with two attached hydrogens (primary N) is 1. The number of aryl methyl sites for hydroxylation is 1. The molecular weight excluding hydrogens is 348 g/mol. The summed E-state index contributed by atoms with van der Waals surface area (Å²) in [5.41, 5.74) is 6.94. The Labute approximate surface area is 158 Å². The summed E-state index contributed by atoms with van der Waals surface area (Å²) in [6.45, 7) is 3.99. The number of aliphatic hydroxyl groups excluding tert-OH is 1. The van der Waals surface area contributed by atoms with E-state index in [-0.39, 0.29) is 11.8 Å². The van der Waals surface area contributed by atoms with Gasteiger partial charge in [0.25, 0.3) is 0 Å². The van der Waals surface area contributed by atoms with Crippen LogP contribution in [0.1, 0.15) is 43.0 Å². The number of piperidine rings is 1. The number of amides is 1. The highest BCUT2D eigenvalue weighted by molar-refractivity contribution is 7.19. The molecule has 4 rings (SSSR count). The fraction of sp³-hybridized carbons (Fsp3) is 0.632. The zero-order valence-electron chi connectivity index (χ0n) is 15.6. The van der Waals surface area contributed by atoms with Crippen LogP contribution >= 0.6 is 11.3 Å². The van der Waals surface area contributed by atoms with Crippen molar-refractivity contribution in [2.24, 2.45) is 17.6 Å². The number of hydrogen-bond donors (Lipinski definition) is 2. The molecule has 26 heavy (non-hydrogen) atoms. The molecule has 1 aliphatic carbocycles. The Morgan fingerprint density at radius 1 is 1.31 bits per heavy atom. The highest BCUT2D eigenvalue weighted by Crippen LogP contribution is 2.41. The molecule has 0 radical (unpaired) electrons. The van der Waals surface area contributed by atoms with Crippen molar-refractivity contribution in [1.29, 1.82) is 0 Å². The maximum Gasteiger partial charge on any atom is 0.220 e. The first-order valence-corrected chi connectivity index (χ1v) is 10.2. The standard InChI is InChI=1S/C18H24N4OS.CH4O/c1-2-11-3-4-13-14(9-11)24-18-15(13)17(20-10-21-18)22-7-5-12(6-8-22)16(19)23;1-2/h10-12H,2-9H2,1H3,(H2,19,23);2H,1H3. The van der Waals surface area contributed by atoms with Crippen LogP contribution < -0.4 is 10.6 Å². The Balaban J connectivity index is 0.000000948. The summed E-state index contributed by atoms with van der Waals surface area (Å²) in [6, 6.07) is 0. The monoisotopic (exact) mass is 376 g/mol. The summed E-state index contributed by atoms with van der Waals surface area (Å²) in [6.07, 6.45) is 8.20. The zero-order chi connectivity index (χ0) is 18.7. The molecule has 2 aromatic heterocycles. The van der Waals surface area contributed by atoms with Crippen molar-refractivity contribution in [3.05, 3.63) is 16.8 Å². The normalized spacial score (nSPS) is 20.4. The van der Waals surface area contributed by atoms with Crippen LogP contribution in [0.5, 0.6) is 0 Å². The largest absolute Gasteiger partial charge is 0.400 e. The van der Waals surface area contributed by atoms with E-state index < -0.39 is 0 Å². The van der Waals surface area contributed by atoms with Gasteiger partial charge in [-0.25, -0.2) is 9.97 Å². The van der Waals surface area contributed by atoms with Crippen LogP contribution in [-0.4, -0.2) is 41.2 Å². The second-order valence-electron chi connectivity index (χ2n) is 7.06. The van der Waals surface area contributed by atoms with Gasteiger partial charge in [-0.1, -0.05) is 13.3 Å². The average molecular weight is 377 g/mol. The minimum Gasteiger partial charge on any atom is -0.400 e. The Morgan fingerprint density at radius 2 is 2.04 bits per heavy atom. The molecule has 3 heterocycles. The van der Waals surface area contributed by atoms with Crippen LogP contribution in [0.2, 0.25) is 0 Å². The Hall–Kier alpha value is -1.73. The van der Waals surface area contributed by atoms with Crippen LogP contribution in [-0.2, 0) is 17.6 Å². The maximum absolute atomic E-state index is 11.4. The molecule has 1 aliphatic heterocycles. The van der Waals surface area contributed by atoms with Crippen molar-refractivity contribution >= 4 is 33.3 Å². The zero-order valence-corrected chi connectivity index (χ0v) is 16.4. The van der Waals surface area contributed by atoms with Gasteiger partial charge in [0.05, 0.1) is 5.39 Å². The number of carbonyl (C=O) groups excluding carboxylic acids is 1. The van der Waals surface area contributed by atoms with Gasteiger partial charge >= 0.3 is 0 Å². The van der Waals surface area contributed by atoms with Gasteiger partial charge in [-0.05, 0) is 43.6 Å². The van der Waals surface area contributed by atoms with E-state index in [4.69, 9.17) is 10.8 Å². The van der Waals surface area contributed by atoms with Gasteiger partial charge in [-0.3, -0.25) is 4.79 Å². The number of primary amides is 1. The molecule has 0 spiro atoms. The van der Waals surface area contributed by atoms with Gasteiger partial charge in [0.2, 0.25) is 5.91 Å². The van der Waals surface area contributed by atoms with E-state index >= 15 is 0 Å². The quantitative estimate of drug-likeness (QED) is 0.859. The summed E-state index contributed by atoms with van der Waals surface area (Å²) < 4.78 is 0. The number of aliphatic hydroxyl groups is 1. The summed E-state index contributed by atoms with van der Waals surface area (Å²) >= 11 is 1.85. The molecule has 0 saturated carbocycles. The highest BCUT2D eigenvalue weighted by Gasteiger charge is 2.28. The van der Waals surface area contributed by atoms with Gasteiger partial charge in [0.15, 0.2) is 0 Å². The van der Waals surface area contributed by atoms with Crippen LogP contribution in [0, 0.1) is 11.8 Å². The first kappa shape index (κ1) is 19.0. The SMILES string of the molecule is CCC1CCc2c(sc3ncnc(N4CCC(C(N)=O)CC4)c23)C1.CO. The van der Waals surface area contributed by atoms with Gasteiger partial charge in [-0.2, -0.15) is 0 Å². The molecule has 2 aliphatic rings. The van der Waals surface area contributed by atoms with E-state index in [2.05, 4.69) is 21.8 Å². The van der Waals surface area contributed by atoms with Crippen LogP contribution in [0.3, 0.4) is 0 Å². The molecular formula is C19H28N4O2S. The first-order chi connectivity index (χ1) is 12.7. The van der Waals surface area contributed by atoms with Gasteiger partial charge < -0.3 is 15.7 Å². The third-order valence-corrected chi connectivity index (χ3v) is 6.86. The molecule has 1 atom stereocenters. The van der Waals surface area contributed by atoms with Crippen molar-refractivity contribution in [2.45, 2.75) is 45.4 Å². The highest BCUT2D eigenvalue weighted by atomic mass is 32.1. The van der Waals surface area contributed by atoms with Crippen molar-refractivity contribution in [2.75, 3.05) is 25.1 Å². The van der Waals surface area contributed by atoms with Crippen molar-refractivity contribution in [1.82, 2.24) is 9.97 Å². The van der Waals surface area contributed by atoms with Crippen LogP contribution in [0.25, 0.3) is 10.2 Å². The Morgan fingerprint density at radius 3 is 2.69 bits per heavy atom. The molecule has 3 N–H and O–H groups in total. The molecule has 6 nitrogen and oxygen atoms in total. The fourth-order valence-corrected chi connectivity index (χ4v) is 5.42. The van der Waals surface area contributed by atoms with Crippen molar-refractivity contribution < 1.29 is 9.90 Å². The second-order valence-corrected chi connectivity index (χ2v) is 8.15. The lowest BCUT2D eigenvalue weighted by atomic mass is 9.86. The summed E-state index contributed by atoms with van der Waals surface area (Å²) in [5.74, 6) is 1.73. The molecule has 0 bridgehead atoms. The third kappa shape index (κ3) is 3.55. The lowest BCUT2D eigenvalue weighted by molar-refractivity contribution is -0.122. The number of fused-ring (bicyclic) bond motifs is 3. The summed E-state index contributed by atoms with van der Waals surface area (Å²) in [4.78, 5) is 25.5. The van der Waals surface area contributed by atoms with Crippen LogP contribution in [0.15, 0.2) is 6.33 Å². The summed E-state index contributed by atoms with van der Waals surface area (Å²) in [5, 5.41) is 8.27. The van der Waals surface area contributed by atoms with E-state index in [9.17, 15) is 4.79 Å². The number of thiophene rings is 1. The maximum atomic E-state index is 11.4. The number of carbonyl (C=O) groups is 1. The van der Waals surface area contributed by atoms with E-state index in [1.54, 1.807) is 6.33 Å². The van der Waals surface area contributed by atoms with E-state index in [0.717, 1.165) is 56.0 Å². The molecule has 1 amide bonds. The Kier molecular flexibility index (Phi) is 6.09. The van der Waals surface area contributed by atoms with E-state index in [0.29, 0.717) is 0 Å². The minimum atomic E-state index is -0.166. The minimum absolute atomic E-state index is 0.0141. The molecule has 2 aromatic rings.